The minimum absolute atomic E-state index is 0.298. The van der Waals surface area contributed by atoms with E-state index in [4.69, 9.17) is 0 Å². The predicted molar refractivity (Wildman–Crippen MR) is 79.5 cm³/mol. The Morgan fingerprint density at radius 2 is 1.94 bits per heavy atom. The summed E-state index contributed by atoms with van der Waals surface area (Å²) in [6.45, 7) is 6.73. The Morgan fingerprint density at radius 3 is 2.56 bits per heavy atom. The topological polar surface area (TPSA) is 20.2 Å². The van der Waals surface area contributed by atoms with Gasteiger partial charge in [-0.3, -0.25) is 0 Å². The molecule has 1 aromatic rings. The number of rotatable bonds is 2. The van der Waals surface area contributed by atoms with Crippen LogP contribution < -0.4 is 0 Å². The molecule has 4 atom stereocenters. The molecule has 2 rings (SSSR count). The number of halogens is 1. The molecule has 1 saturated carbocycles. The van der Waals surface area contributed by atoms with Crippen molar-refractivity contribution in [3.05, 3.63) is 33.8 Å². The Morgan fingerprint density at radius 1 is 1.22 bits per heavy atom. The molecule has 1 aliphatic rings. The van der Waals surface area contributed by atoms with Gasteiger partial charge in [0.15, 0.2) is 0 Å². The number of benzene rings is 1. The number of hydrogen-bond donors (Lipinski definition) is 1. The predicted octanol–water partition coefficient (Wildman–Crippen LogP) is 4.86. The minimum Gasteiger partial charge on any atom is -0.388 e. The highest BCUT2D eigenvalue weighted by atomic mass is 79.9. The summed E-state index contributed by atoms with van der Waals surface area (Å²) in [6, 6.07) is 6.18. The molecular weight excluding hydrogens is 288 g/mol. The van der Waals surface area contributed by atoms with Gasteiger partial charge in [0.05, 0.1) is 6.10 Å². The van der Waals surface area contributed by atoms with Gasteiger partial charge in [0.2, 0.25) is 0 Å². The standard InChI is InChI=1S/C16H23BrO/c1-10-4-5-13(8-11(10)2)16(18)15-7-6-14(17)9-12(15)3/h6-7,9-11,13,16,18H,4-5,8H2,1-3H3. The Hall–Kier alpha value is -0.340. The number of aryl methyl sites for hydroxylation is 1. The van der Waals surface area contributed by atoms with E-state index in [1.54, 1.807) is 0 Å². The first-order valence-corrected chi connectivity index (χ1v) is 7.72. The van der Waals surface area contributed by atoms with Gasteiger partial charge in [-0.05, 0) is 60.8 Å². The Bertz CT molecular complexity index is 416. The second-order valence-corrected chi connectivity index (χ2v) is 6.89. The van der Waals surface area contributed by atoms with Gasteiger partial charge in [-0.25, -0.2) is 0 Å². The molecule has 0 bridgehead atoms. The van der Waals surface area contributed by atoms with Crippen molar-refractivity contribution in [2.75, 3.05) is 0 Å². The van der Waals surface area contributed by atoms with Crippen LogP contribution in [0.4, 0.5) is 0 Å². The molecule has 1 nitrogen and oxygen atoms in total. The van der Waals surface area contributed by atoms with Crippen molar-refractivity contribution in [3.8, 4) is 0 Å². The lowest BCUT2D eigenvalue weighted by atomic mass is 9.72. The third-order valence-electron chi connectivity index (χ3n) is 4.64. The average Bonchev–Trinajstić information content (AvgIpc) is 2.32. The van der Waals surface area contributed by atoms with Crippen LogP contribution in [-0.4, -0.2) is 5.11 Å². The van der Waals surface area contributed by atoms with Crippen molar-refractivity contribution < 1.29 is 5.11 Å². The highest BCUT2D eigenvalue weighted by Crippen LogP contribution is 2.40. The van der Waals surface area contributed by atoms with Crippen LogP contribution in [-0.2, 0) is 0 Å². The van der Waals surface area contributed by atoms with E-state index < -0.39 is 0 Å². The first kappa shape index (κ1) is 14.1. The molecule has 0 saturated heterocycles. The van der Waals surface area contributed by atoms with Gasteiger partial charge in [0.1, 0.15) is 0 Å². The quantitative estimate of drug-likeness (QED) is 0.826. The summed E-state index contributed by atoms with van der Waals surface area (Å²) in [5.74, 6) is 1.96. The zero-order valence-electron chi connectivity index (χ0n) is 11.5. The van der Waals surface area contributed by atoms with Crippen molar-refractivity contribution in [1.29, 1.82) is 0 Å². The summed E-state index contributed by atoms with van der Waals surface area (Å²) in [5.41, 5.74) is 2.29. The molecule has 2 heteroatoms. The van der Waals surface area contributed by atoms with Crippen LogP contribution in [0.1, 0.15) is 50.3 Å². The largest absolute Gasteiger partial charge is 0.388 e. The van der Waals surface area contributed by atoms with Gasteiger partial charge < -0.3 is 5.11 Å². The van der Waals surface area contributed by atoms with Crippen LogP contribution in [0.15, 0.2) is 22.7 Å². The molecule has 0 amide bonds. The second-order valence-electron chi connectivity index (χ2n) is 5.97. The van der Waals surface area contributed by atoms with E-state index in [0.29, 0.717) is 5.92 Å². The van der Waals surface area contributed by atoms with Crippen LogP contribution >= 0.6 is 15.9 Å². The van der Waals surface area contributed by atoms with E-state index in [1.807, 2.05) is 6.07 Å². The van der Waals surface area contributed by atoms with Crippen molar-refractivity contribution in [3.63, 3.8) is 0 Å². The third-order valence-corrected chi connectivity index (χ3v) is 5.13. The van der Waals surface area contributed by atoms with E-state index in [1.165, 1.54) is 12.0 Å². The first-order chi connectivity index (χ1) is 8.49. The molecule has 18 heavy (non-hydrogen) atoms. The number of aliphatic hydroxyl groups is 1. The summed E-state index contributed by atoms with van der Waals surface area (Å²) in [6.07, 6.45) is 3.26. The lowest BCUT2D eigenvalue weighted by Gasteiger charge is -2.35. The molecular formula is C16H23BrO. The maximum absolute atomic E-state index is 10.6. The fourth-order valence-electron chi connectivity index (χ4n) is 3.10. The molecule has 0 aliphatic heterocycles. The first-order valence-electron chi connectivity index (χ1n) is 6.93. The maximum Gasteiger partial charge on any atom is 0.0820 e. The van der Waals surface area contributed by atoms with E-state index in [9.17, 15) is 5.11 Å². The fourth-order valence-corrected chi connectivity index (χ4v) is 3.58. The minimum atomic E-state index is -0.298. The van der Waals surface area contributed by atoms with E-state index in [0.717, 1.165) is 34.7 Å². The van der Waals surface area contributed by atoms with Gasteiger partial charge in [0.25, 0.3) is 0 Å². The van der Waals surface area contributed by atoms with E-state index in [-0.39, 0.29) is 6.10 Å². The number of aliphatic hydroxyl groups excluding tert-OH is 1. The maximum atomic E-state index is 10.6. The summed E-state index contributed by atoms with van der Waals surface area (Å²) < 4.78 is 1.08. The summed E-state index contributed by atoms with van der Waals surface area (Å²) in [5, 5.41) is 10.6. The molecule has 0 aromatic heterocycles. The van der Waals surface area contributed by atoms with Crippen LogP contribution in [0.2, 0.25) is 0 Å². The lowest BCUT2D eigenvalue weighted by molar-refractivity contribution is 0.0557. The molecule has 4 unspecified atom stereocenters. The second kappa shape index (κ2) is 5.75. The number of hydrogen-bond acceptors (Lipinski definition) is 1. The lowest BCUT2D eigenvalue weighted by Crippen LogP contribution is -2.25. The molecule has 0 heterocycles. The van der Waals surface area contributed by atoms with Crippen LogP contribution in [0.5, 0.6) is 0 Å². The van der Waals surface area contributed by atoms with Crippen LogP contribution in [0, 0.1) is 24.7 Å². The molecule has 0 spiro atoms. The van der Waals surface area contributed by atoms with Crippen molar-refractivity contribution in [2.24, 2.45) is 17.8 Å². The van der Waals surface area contributed by atoms with Gasteiger partial charge in [0, 0.05) is 4.47 Å². The smallest absolute Gasteiger partial charge is 0.0820 e. The summed E-state index contributed by atoms with van der Waals surface area (Å²) in [4.78, 5) is 0. The average molecular weight is 311 g/mol. The normalized spacial score (nSPS) is 30.2. The summed E-state index contributed by atoms with van der Waals surface area (Å²) in [7, 11) is 0. The summed E-state index contributed by atoms with van der Waals surface area (Å²) >= 11 is 3.48. The molecule has 100 valence electrons. The fraction of sp³-hybridized carbons (Fsp3) is 0.625. The van der Waals surface area contributed by atoms with Crippen molar-refractivity contribution in [2.45, 2.75) is 46.1 Å². The monoisotopic (exact) mass is 310 g/mol. The zero-order chi connectivity index (χ0) is 13.3. The zero-order valence-corrected chi connectivity index (χ0v) is 13.1. The molecule has 0 radical (unpaired) electrons. The van der Waals surface area contributed by atoms with Crippen molar-refractivity contribution >= 4 is 15.9 Å². The SMILES string of the molecule is Cc1cc(Br)ccc1C(O)C1CCC(C)C(C)C1. The van der Waals surface area contributed by atoms with Gasteiger partial charge in [-0.15, -0.1) is 0 Å². The van der Waals surface area contributed by atoms with Gasteiger partial charge >= 0.3 is 0 Å². The highest BCUT2D eigenvalue weighted by molar-refractivity contribution is 9.10. The molecule has 1 N–H and O–H groups in total. The highest BCUT2D eigenvalue weighted by Gasteiger charge is 2.30. The molecule has 1 fully saturated rings. The van der Waals surface area contributed by atoms with Crippen LogP contribution in [0.25, 0.3) is 0 Å². The van der Waals surface area contributed by atoms with E-state index >= 15 is 0 Å². The van der Waals surface area contributed by atoms with Gasteiger partial charge in [-0.2, -0.15) is 0 Å². The Labute approximate surface area is 119 Å². The Kier molecular flexibility index (Phi) is 4.50. The third kappa shape index (κ3) is 2.97. The molecule has 1 aromatic carbocycles. The van der Waals surface area contributed by atoms with E-state index in [2.05, 4.69) is 48.8 Å². The Balaban J connectivity index is 2.13. The van der Waals surface area contributed by atoms with Crippen molar-refractivity contribution in [1.82, 2.24) is 0 Å². The molecule has 1 aliphatic carbocycles. The van der Waals surface area contributed by atoms with Gasteiger partial charge in [-0.1, -0.05) is 42.3 Å². The van der Waals surface area contributed by atoms with Crippen LogP contribution in [0.3, 0.4) is 0 Å².